The van der Waals surface area contributed by atoms with Crippen LogP contribution in [0, 0.1) is 5.41 Å². The highest BCUT2D eigenvalue weighted by atomic mass is 127. The summed E-state index contributed by atoms with van der Waals surface area (Å²) in [5.74, 6) is 2.08. The van der Waals surface area contributed by atoms with Gasteiger partial charge in [-0.2, -0.15) is 0 Å². The van der Waals surface area contributed by atoms with Crippen LogP contribution in [0.2, 0.25) is 0 Å². The smallest absolute Gasteiger partial charge is 0.195 e. The number of methoxy groups -OCH3 is 1. The van der Waals surface area contributed by atoms with Crippen LogP contribution in [0.15, 0.2) is 23.2 Å². The van der Waals surface area contributed by atoms with E-state index in [0.717, 1.165) is 25.1 Å². The minimum atomic E-state index is -0.168. The maximum absolute atomic E-state index is 9.72. The van der Waals surface area contributed by atoms with Crippen molar-refractivity contribution in [1.29, 1.82) is 0 Å². The minimum absolute atomic E-state index is 0. The Morgan fingerprint density at radius 2 is 1.85 bits per heavy atom. The molecular formula is C19H34IN3O3. The van der Waals surface area contributed by atoms with Crippen molar-refractivity contribution in [3.8, 4) is 11.5 Å². The van der Waals surface area contributed by atoms with Gasteiger partial charge >= 0.3 is 0 Å². The van der Waals surface area contributed by atoms with Gasteiger partial charge in [-0.25, -0.2) is 0 Å². The number of benzene rings is 1. The van der Waals surface area contributed by atoms with E-state index in [9.17, 15) is 5.11 Å². The van der Waals surface area contributed by atoms with Gasteiger partial charge in [0.2, 0.25) is 0 Å². The van der Waals surface area contributed by atoms with E-state index >= 15 is 0 Å². The highest BCUT2D eigenvalue weighted by Crippen LogP contribution is 2.30. The van der Waals surface area contributed by atoms with Crippen LogP contribution in [0.1, 0.15) is 40.5 Å². The van der Waals surface area contributed by atoms with Crippen molar-refractivity contribution < 1.29 is 14.6 Å². The first-order chi connectivity index (χ1) is 12.1. The van der Waals surface area contributed by atoms with Gasteiger partial charge in [0, 0.05) is 23.7 Å². The Labute approximate surface area is 174 Å². The van der Waals surface area contributed by atoms with Crippen LogP contribution in [0.5, 0.6) is 11.5 Å². The lowest BCUT2D eigenvalue weighted by molar-refractivity contribution is 0.123. The van der Waals surface area contributed by atoms with Crippen molar-refractivity contribution in [3.63, 3.8) is 0 Å². The van der Waals surface area contributed by atoms with Crippen molar-refractivity contribution in [2.24, 2.45) is 10.4 Å². The van der Waals surface area contributed by atoms with Crippen LogP contribution in [0.4, 0.5) is 5.69 Å². The summed E-state index contributed by atoms with van der Waals surface area (Å²) in [6.45, 7) is 10.2. The Kier molecular flexibility index (Phi) is 12.4. The summed E-state index contributed by atoms with van der Waals surface area (Å²) in [5.41, 5.74) is 0.696. The van der Waals surface area contributed by atoms with Crippen molar-refractivity contribution in [1.82, 2.24) is 5.32 Å². The average molecular weight is 479 g/mol. The highest BCUT2D eigenvalue weighted by Gasteiger charge is 2.25. The second kappa shape index (κ2) is 13.0. The molecule has 6 nitrogen and oxygen atoms in total. The Morgan fingerprint density at radius 1 is 1.15 bits per heavy atom. The highest BCUT2D eigenvalue weighted by molar-refractivity contribution is 14.0. The average Bonchev–Trinajstić information content (AvgIpc) is 2.64. The van der Waals surface area contributed by atoms with Crippen LogP contribution in [-0.2, 0) is 0 Å². The third kappa shape index (κ3) is 7.19. The molecule has 26 heavy (non-hydrogen) atoms. The number of aliphatic hydroxyl groups is 1. The molecule has 0 aromatic heterocycles. The van der Waals surface area contributed by atoms with E-state index < -0.39 is 0 Å². The number of hydrogen-bond donors (Lipinski definition) is 3. The molecule has 3 N–H and O–H groups in total. The van der Waals surface area contributed by atoms with Gasteiger partial charge in [-0.1, -0.05) is 13.8 Å². The van der Waals surface area contributed by atoms with Gasteiger partial charge in [0.1, 0.15) is 0 Å². The number of ether oxygens (including phenoxy) is 2. The number of nitrogens with zero attached hydrogens (tertiary/aromatic N) is 1. The Bertz CT molecular complexity index is 541. The molecule has 1 rings (SSSR count). The fourth-order valence-corrected chi connectivity index (χ4v) is 2.46. The van der Waals surface area contributed by atoms with Gasteiger partial charge in [-0.15, -0.1) is 24.0 Å². The molecular weight excluding hydrogens is 445 g/mol. The molecule has 0 atom stereocenters. The molecule has 0 aliphatic rings. The SMILES string of the molecule is CCNC(=NCC(CC)(CC)CO)Nc1ccc(OCC)c(OC)c1.I. The number of nitrogens with one attached hydrogen (secondary N) is 2. The molecule has 1 aromatic carbocycles. The number of guanidine groups is 1. The zero-order valence-corrected chi connectivity index (χ0v) is 18.9. The van der Waals surface area contributed by atoms with Crippen molar-refractivity contribution in [2.45, 2.75) is 40.5 Å². The molecule has 0 amide bonds. The summed E-state index contributed by atoms with van der Waals surface area (Å²) in [7, 11) is 1.62. The number of aliphatic hydroxyl groups excluding tert-OH is 1. The summed E-state index contributed by atoms with van der Waals surface area (Å²) in [5, 5.41) is 16.2. The first-order valence-corrected chi connectivity index (χ1v) is 9.05. The van der Waals surface area contributed by atoms with E-state index in [1.165, 1.54) is 0 Å². The first kappa shape index (κ1) is 24.8. The summed E-state index contributed by atoms with van der Waals surface area (Å²) < 4.78 is 10.9. The fraction of sp³-hybridized carbons (Fsp3) is 0.632. The number of hydrogen-bond acceptors (Lipinski definition) is 4. The zero-order valence-electron chi connectivity index (χ0n) is 16.6. The van der Waals surface area contributed by atoms with Crippen LogP contribution in [0.3, 0.4) is 0 Å². The van der Waals surface area contributed by atoms with Crippen LogP contribution < -0.4 is 20.1 Å². The van der Waals surface area contributed by atoms with Crippen LogP contribution in [0.25, 0.3) is 0 Å². The summed E-state index contributed by atoms with van der Waals surface area (Å²) in [4.78, 5) is 4.67. The molecule has 0 aliphatic heterocycles. The first-order valence-electron chi connectivity index (χ1n) is 9.05. The lowest BCUT2D eigenvalue weighted by Gasteiger charge is -2.27. The van der Waals surface area contributed by atoms with E-state index in [1.54, 1.807) is 7.11 Å². The van der Waals surface area contributed by atoms with E-state index in [-0.39, 0.29) is 36.0 Å². The minimum Gasteiger partial charge on any atom is -0.493 e. The summed E-state index contributed by atoms with van der Waals surface area (Å²) in [6.07, 6.45) is 1.78. The summed E-state index contributed by atoms with van der Waals surface area (Å²) >= 11 is 0. The van der Waals surface area contributed by atoms with Gasteiger partial charge in [0.05, 0.1) is 26.9 Å². The van der Waals surface area contributed by atoms with E-state index in [2.05, 4.69) is 29.5 Å². The Morgan fingerprint density at radius 3 is 2.35 bits per heavy atom. The normalized spacial score (nSPS) is 11.5. The van der Waals surface area contributed by atoms with Gasteiger partial charge in [0.25, 0.3) is 0 Å². The number of rotatable bonds is 10. The third-order valence-corrected chi connectivity index (χ3v) is 4.48. The Hall–Kier alpha value is -1.22. The van der Waals surface area contributed by atoms with E-state index in [4.69, 9.17) is 9.47 Å². The number of aliphatic imine (C=N–C) groups is 1. The second-order valence-electron chi connectivity index (χ2n) is 5.98. The lowest BCUT2D eigenvalue weighted by Crippen LogP contribution is -2.34. The molecule has 0 bridgehead atoms. The van der Waals surface area contributed by atoms with Crippen LogP contribution in [-0.4, -0.2) is 44.5 Å². The Balaban J connectivity index is 0.00000625. The zero-order chi connectivity index (χ0) is 18.7. The van der Waals surface area contributed by atoms with Crippen molar-refractivity contribution >= 4 is 35.6 Å². The van der Waals surface area contributed by atoms with Gasteiger partial charge < -0.3 is 25.2 Å². The lowest BCUT2D eigenvalue weighted by atomic mass is 9.83. The van der Waals surface area contributed by atoms with Crippen LogP contribution >= 0.6 is 24.0 Å². The summed E-state index contributed by atoms with van der Waals surface area (Å²) in [6, 6.07) is 5.69. The molecule has 0 fully saturated rings. The molecule has 0 heterocycles. The van der Waals surface area contributed by atoms with Gasteiger partial charge in [0.15, 0.2) is 17.5 Å². The maximum atomic E-state index is 9.72. The largest absolute Gasteiger partial charge is 0.493 e. The van der Waals surface area contributed by atoms with Crippen molar-refractivity contribution in [2.75, 3.05) is 38.7 Å². The molecule has 0 unspecified atom stereocenters. The topological polar surface area (TPSA) is 75.1 Å². The molecule has 7 heteroatoms. The molecule has 0 radical (unpaired) electrons. The third-order valence-electron chi connectivity index (χ3n) is 4.48. The monoisotopic (exact) mass is 479 g/mol. The molecule has 0 saturated heterocycles. The maximum Gasteiger partial charge on any atom is 0.195 e. The van der Waals surface area contributed by atoms with E-state index in [1.807, 2.05) is 32.0 Å². The van der Waals surface area contributed by atoms with E-state index in [0.29, 0.717) is 30.6 Å². The molecule has 0 spiro atoms. The molecule has 0 aliphatic carbocycles. The molecule has 150 valence electrons. The molecule has 1 aromatic rings. The standard InChI is InChI=1S/C19H33N3O3.HI/c1-6-19(7-2,14-23)13-21-18(20-8-3)22-15-10-11-16(25-9-4)17(12-15)24-5;/h10-12,23H,6-9,13-14H2,1-5H3,(H2,20,21,22);1H. The predicted molar refractivity (Wildman–Crippen MR) is 119 cm³/mol. The quantitative estimate of drug-likeness (QED) is 0.270. The second-order valence-corrected chi connectivity index (χ2v) is 5.98. The van der Waals surface area contributed by atoms with Crippen molar-refractivity contribution in [3.05, 3.63) is 18.2 Å². The molecule has 0 saturated carbocycles. The number of halogens is 1. The number of anilines is 1. The van der Waals surface area contributed by atoms with Gasteiger partial charge in [-0.3, -0.25) is 4.99 Å². The van der Waals surface area contributed by atoms with Gasteiger partial charge in [-0.05, 0) is 38.8 Å². The predicted octanol–water partition coefficient (Wildman–Crippen LogP) is 3.89. The fourth-order valence-electron chi connectivity index (χ4n) is 2.46.